The summed E-state index contributed by atoms with van der Waals surface area (Å²) in [4.78, 5) is 15.1. The van der Waals surface area contributed by atoms with E-state index in [2.05, 4.69) is 0 Å². The molecule has 0 fully saturated rings. The van der Waals surface area contributed by atoms with E-state index in [9.17, 15) is 4.79 Å². The first kappa shape index (κ1) is 15.9. The topological polar surface area (TPSA) is 20.3 Å². The molecule has 2 nitrogen and oxygen atoms in total. The first-order chi connectivity index (χ1) is 12.1. The lowest BCUT2D eigenvalue weighted by atomic mass is 9.92. The summed E-state index contributed by atoms with van der Waals surface area (Å²) in [5.74, 6) is -0.260. The van der Waals surface area contributed by atoms with Crippen molar-refractivity contribution in [3.8, 4) is 0 Å². The molecule has 1 heterocycles. The zero-order chi connectivity index (χ0) is 17.4. The van der Waals surface area contributed by atoms with Gasteiger partial charge >= 0.3 is 0 Å². The van der Waals surface area contributed by atoms with E-state index in [1.54, 1.807) is 0 Å². The number of carbonyl (C=O) groups is 1. The second-order valence-electron chi connectivity index (χ2n) is 6.43. The van der Waals surface area contributed by atoms with E-state index in [1.165, 1.54) is 5.56 Å². The molecule has 1 aliphatic heterocycles. The van der Waals surface area contributed by atoms with E-state index in [-0.39, 0.29) is 11.8 Å². The van der Waals surface area contributed by atoms with E-state index in [0.717, 1.165) is 22.4 Å². The van der Waals surface area contributed by atoms with Crippen LogP contribution in [-0.4, -0.2) is 5.91 Å². The third-order valence-electron chi connectivity index (χ3n) is 4.72. The Morgan fingerprint density at radius 1 is 0.920 bits per heavy atom. The van der Waals surface area contributed by atoms with E-state index < -0.39 is 0 Å². The number of fused-ring (bicyclic) bond motifs is 1. The molecule has 0 saturated heterocycles. The fraction of sp³-hybridized carbons (Fsp3) is 0.136. The van der Waals surface area contributed by atoms with Gasteiger partial charge in [-0.25, -0.2) is 0 Å². The van der Waals surface area contributed by atoms with Crippen LogP contribution in [0.3, 0.4) is 0 Å². The Bertz CT molecular complexity index is 919. The van der Waals surface area contributed by atoms with Gasteiger partial charge in [-0.2, -0.15) is 0 Å². The van der Waals surface area contributed by atoms with Crippen LogP contribution in [0.15, 0.2) is 72.8 Å². The van der Waals surface area contributed by atoms with Gasteiger partial charge in [-0.3, -0.25) is 4.79 Å². The van der Waals surface area contributed by atoms with Gasteiger partial charge in [0.1, 0.15) is 0 Å². The number of rotatable bonds is 3. The van der Waals surface area contributed by atoms with Crippen molar-refractivity contribution in [3.05, 3.63) is 100 Å². The Hall–Kier alpha value is -2.58. The number of anilines is 1. The molecule has 0 radical (unpaired) electrons. The standard InChI is InChI=1S/C22H18ClNO/c1-15-10-12-17(13-11-15)20-21-18(23)8-5-9-19(21)24(22(20)25)14-16-6-3-2-4-7-16/h2-13,20H,14H2,1H3. The lowest BCUT2D eigenvalue weighted by Crippen LogP contribution is -2.28. The predicted octanol–water partition coefficient (Wildman–Crippen LogP) is 5.33. The van der Waals surface area contributed by atoms with Gasteiger partial charge in [-0.15, -0.1) is 0 Å². The van der Waals surface area contributed by atoms with Crippen LogP contribution in [0.2, 0.25) is 5.02 Å². The Balaban J connectivity index is 1.80. The molecule has 25 heavy (non-hydrogen) atoms. The van der Waals surface area contributed by atoms with Crippen molar-refractivity contribution in [2.45, 2.75) is 19.4 Å². The molecule has 0 spiro atoms. The quantitative estimate of drug-likeness (QED) is 0.627. The van der Waals surface area contributed by atoms with Gasteiger partial charge in [-0.1, -0.05) is 77.8 Å². The number of hydrogen-bond donors (Lipinski definition) is 0. The summed E-state index contributed by atoms with van der Waals surface area (Å²) in [5.41, 5.74) is 5.09. The maximum atomic E-state index is 13.3. The zero-order valence-corrected chi connectivity index (χ0v) is 14.7. The van der Waals surface area contributed by atoms with E-state index in [4.69, 9.17) is 11.6 Å². The summed E-state index contributed by atoms with van der Waals surface area (Å²) in [6.45, 7) is 2.60. The van der Waals surface area contributed by atoms with Crippen LogP contribution < -0.4 is 4.90 Å². The Morgan fingerprint density at radius 2 is 1.64 bits per heavy atom. The van der Waals surface area contributed by atoms with Crippen LogP contribution >= 0.6 is 11.6 Å². The van der Waals surface area contributed by atoms with Gasteiger partial charge in [0.05, 0.1) is 12.5 Å². The minimum absolute atomic E-state index is 0.0795. The van der Waals surface area contributed by atoms with Crippen LogP contribution in [0.25, 0.3) is 0 Å². The van der Waals surface area contributed by atoms with Crippen LogP contribution in [-0.2, 0) is 11.3 Å². The van der Waals surface area contributed by atoms with Crippen LogP contribution in [0.5, 0.6) is 0 Å². The van der Waals surface area contributed by atoms with Gasteiger partial charge in [0.15, 0.2) is 0 Å². The molecular weight excluding hydrogens is 330 g/mol. The predicted molar refractivity (Wildman–Crippen MR) is 102 cm³/mol. The molecular formula is C22H18ClNO. The fourth-order valence-corrected chi connectivity index (χ4v) is 3.72. The monoisotopic (exact) mass is 347 g/mol. The number of amides is 1. The van der Waals surface area contributed by atoms with Crippen molar-refractivity contribution in [1.29, 1.82) is 0 Å². The number of halogens is 1. The highest BCUT2D eigenvalue weighted by Gasteiger charge is 2.39. The van der Waals surface area contributed by atoms with Crippen LogP contribution in [0.4, 0.5) is 5.69 Å². The molecule has 3 aromatic carbocycles. The summed E-state index contributed by atoms with van der Waals surface area (Å²) in [6, 6.07) is 23.9. The second kappa shape index (κ2) is 6.38. The normalized spacial score (nSPS) is 16.2. The molecule has 0 saturated carbocycles. The maximum absolute atomic E-state index is 13.3. The highest BCUT2D eigenvalue weighted by atomic mass is 35.5. The first-order valence-electron chi connectivity index (χ1n) is 8.35. The Morgan fingerprint density at radius 3 is 2.36 bits per heavy atom. The average molecular weight is 348 g/mol. The molecule has 0 aliphatic carbocycles. The highest BCUT2D eigenvalue weighted by molar-refractivity contribution is 6.33. The summed E-state index contributed by atoms with van der Waals surface area (Å²) in [6.07, 6.45) is 0. The second-order valence-corrected chi connectivity index (χ2v) is 6.83. The molecule has 1 atom stereocenters. The summed E-state index contributed by atoms with van der Waals surface area (Å²) < 4.78 is 0. The van der Waals surface area contributed by atoms with Crippen molar-refractivity contribution in [3.63, 3.8) is 0 Å². The minimum Gasteiger partial charge on any atom is -0.307 e. The largest absolute Gasteiger partial charge is 0.307 e. The van der Waals surface area contributed by atoms with Gasteiger partial charge in [0.25, 0.3) is 0 Å². The molecule has 1 amide bonds. The summed E-state index contributed by atoms with van der Waals surface area (Å²) in [5, 5.41) is 0.645. The van der Waals surface area contributed by atoms with Crippen molar-refractivity contribution in [1.82, 2.24) is 0 Å². The van der Waals surface area contributed by atoms with Gasteiger partial charge in [0.2, 0.25) is 5.91 Å². The molecule has 1 aliphatic rings. The molecule has 3 heteroatoms. The van der Waals surface area contributed by atoms with Gasteiger partial charge in [-0.05, 0) is 30.2 Å². The van der Waals surface area contributed by atoms with Gasteiger partial charge < -0.3 is 4.90 Å². The fourth-order valence-electron chi connectivity index (χ4n) is 3.44. The van der Waals surface area contributed by atoms with Crippen molar-refractivity contribution in [2.24, 2.45) is 0 Å². The third kappa shape index (κ3) is 2.83. The molecule has 0 aromatic heterocycles. The lowest BCUT2D eigenvalue weighted by molar-refractivity contribution is -0.118. The summed E-state index contributed by atoms with van der Waals surface area (Å²) in [7, 11) is 0. The maximum Gasteiger partial charge on any atom is 0.239 e. The van der Waals surface area contributed by atoms with Crippen molar-refractivity contribution >= 4 is 23.2 Å². The molecule has 4 rings (SSSR count). The zero-order valence-electron chi connectivity index (χ0n) is 13.9. The SMILES string of the molecule is Cc1ccc(C2C(=O)N(Cc3ccccc3)c3cccc(Cl)c32)cc1. The Labute approximate surface area is 152 Å². The molecule has 0 bridgehead atoms. The van der Waals surface area contributed by atoms with E-state index in [0.29, 0.717) is 11.6 Å². The minimum atomic E-state index is -0.340. The van der Waals surface area contributed by atoms with Crippen molar-refractivity contribution in [2.75, 3.05) is 4.90 Å². The molecule has 1 unspecified atom stereocenters. The average Bonchev–Trinajstić information content (AvgIpc) is 2.90. The first-order valence-corrected chi connectivity index (χ1v) is 8.73. The number of carbonyl (C=O) groups excluding carboxylic acids is 1. The number of aryl methyl sites for hydroxylation is 1. The van der Waals surface area contributed by atoms with Crippen LogP contribution in [0.1, 0.15) is 28.2 Å². The number of nitrogens with zero attached hydrogens (tertiary/aromatic N) is 1. The molecule has 0 N–H and O–H groups in total. The number of benzene rings is 3. The molecule has 3 aromatic rings. The Kier molecular flexibility index (Phi) is 4.06. The van der Waals surface area contributed by atoms with Gasteiger partial charge in [0, 0.05) is 16.3 Å². The van der Waals surface area contributed by atoms with Crippen molar-refractivity contribution < 1.29 is 4.79 Å². The number of hydrogen-bond acceptors (Lipinski definition) is 1. The highest BCUT2D eigenvalue weighted by Crippen LogP contribution is 2.45. The van der Waals surface area contributed by atoms with Crippen LogP contribution in [0, 0.1) is 6.92 Å². The third-order valence-corrected chi connectivity index (χ3v) is 5.05. The smallest absolute Gasteiger partial charge is 0.239 e. The van der Waals surface area contributed by atoms with E-state index in [1.807, 2.05) is 84.6 Å². The van der Waals surface area contributed by atoms with E-state index >= 15 is 0 Å². The lowest BCUT2D eigenvalue weighted by Gasteiger charge is -2.18. The summed E-state index contributed by atoms with van der Waals surface area (Å²) >= 11 is 6.50. The molecule has 124 valence electrons.